The van der Waals surface area contributed by atoms with Crippen LogP contribution in [0.15, 0.2) is 24.0 Å². The Labute approximate surface area is 109 Å². The number of thiocarbonyl (C=S) groups is 1. The van der Waals surface area contributed by atoms with Crippen molar-refractivity contribution >= 4 is 17.3 Å². The summed E-state index contributed by atoms with van der Waals surface area (Å²) >= 11 is 5.02. The van der Waals surface area contributed by atoms with Crippen LogP contribution in [0.4, 0.5) is 0 Å². The van der Waals surface area contributed by atoms with E-state index in [9.17, 15) is 0 Å². The van der Waals surface area contributed by atoms with Gasteiger partial charge in [-0.3, -0.25) is 0 Å². The van der Waals surface area contributed by atoms with Gasteiger partial charge in [-0.05, 0) is 12.2 Å². The molecule has 0 aromatic heterocycles. The van der Waals surface area contributed by atoms with Crippen molar-refractivity contribution in [3.63, 3.8) is 0 Å². The summed E-state index contributed by atoms with van der Waals surface area (Å²) in [4.78, 5) is 0. The number of hydrogen-bond donors (Lipinski definition) is 3. The standard InChI is InChI=1S/C10H9N7S/c1-2-3-15-9(18)17-8(14)7(4-11)10(5-12,6-13)16-17/h2,16H,1,3,14H2,(H,15,18). The highest BCUT2D eigenvalue weighted by Crippen LogP contribution is 2.25. The molecule has 0 unspecified atom stereocenters. The molecule has 0 spiro atoms. The van der Waals surface area contributed by atoms with Crippen molar-refractivity contribution < 1.29 is 0 Å². The van der Waals surface area contributed by atoms with Crippen LogP contribution in [0.2, 0.25) is 0 Å². The van der Waals surface area contributed by atoms with E-state index in [2.05, 4.69) is 17.3 Å². The van der Waals surface area contributed by atoms with Gasteiger partial charge in [0.15, 0.2) is 5.11 Å². The number of nitriles is 3. The minimum atomic E-state index is -1.81. The van der Waals surface area contributed by atoms with E-state index >= 15 is 0 Å². The fraction of sp³-hybridized carbons (Fsp3) is 0.200. The lowest BCUT2D eigenvalue weighted by Gasteiger charge is -2.22. The van der Waals surface area contributed by atoms with Crippen LogP contribution in [-0.4, -0.2) is 22.2 Å². The summed E-state index contributed by atoms with van der Waals surface area (Å²) in [5, 5.41) is 31.1. The van der Waals surface area contributed by atoms with Crippen molar-refractivity contribution in [3.8, 4) is 18.2 Å². The van der Waals surface area contributed by atoms with Crippen LogP contribution in [-0.2, 0) is 0 Å². The van der Waals surface area contributed by atoms with Crippen LogP contribution in [0.3, 0.4) is 0 Å². The molecule has 1 heterocycles. The fourth-order valence-electron chi connectivity index (χ4n) is 1.31. The zero-order valence-electron chi connectivity index (χ0n) is 9.27. The maximum Gasteiger partial charge on any atom is 0.249 e. The van der Waals surface area contributed by atoms with Gasteiger partial charge in [-0.1, -0.05) is 6.08 Å². The first-order chi connectivity index (χ1) is 8.56. The Morgan fingerprint density at radius 2 is 2.17 bits per heavy atom. The van der Waals surface area contributed by atoms with Crippen LogP contribution >= 0.6 is 12.2 Å². The van der Waals surface area contributed by atoms with Crippen molar-refractivity contribution in [2.75, 3.05) is 6.54 Å². The van der Waals surface area contributed by atoms with Crippen LogP contribution in [0.5, 0.6) is 0 Å². The van der Waals surface area contributed by atoms with Crippen molar-refractivity contribution in [1.82, 2.24) is 15.8 Å². The smallest absolute Gasteiger partial charge is 0.249 e. The summed E-state index contributed by atoms with van der Waals surface area (Å²) in [5.41, 5.74) is 6.24. The van der Waals surface area contributed by atoms with Crippen LogP contribution in [0, 0.1) is 34.0 Å². The number of nitrogens with two attached hydrogens (primary N) is 1. The third kappa shape index (κ3) is 1.96. The highest BCUT2D eigenvalue weighted by atomic mass is 32.1. The molecular weight excluding hydrogens is 250 g/mol. The molecule has 0 aromatic rings. The highest BCUT2D eigenvalue weighted by Gasteiger charge is 2.47. The monoisotopic (exact) mass is 259 g/mol. The van der Waals surface area contributed by atoms with Gasteiger partial charge in [-0.15, -0.1) is 6.58 Å². The Morgan fingerprint density at radius 3 is 2.56 bits per heavy atom. The molecule has 0 fully saturated rings. The predicted octanol–water partition coefficient (Wildman–Crippen LogP) is -0.653. The van der Waals surface area contributed by atoms with E-state index in [-0.39, 0.29) is 16.5 Å². The summed E-state index contributed by atoms with van der Waals surface area (Å²) < 4.78 is 0. The summed E-state index contributed by atoms with van der Waals surface area (Å²) in [6.45, 7) is 3.90. The van der Waals surface area contributed by atoms with E-state index in [4.69, 9.17) is 33.7 Å². The number of nitrogens with one attached hydrogen (secondary N) is 2. The maximum atomic E-state index is 9.03. The van der Waals surface area contributed by atoms with Crippen molar-refractivity contribution in [2.45, 2.75) is 5.54 Å². The molecule has 90 valence electrons. The molecule has 8 heteroatoms. The zero-order chi connectivity index (χ0) is 13.8. The number of hydrogen-bond acceptors (Lipinski definition) is 6. The van der Waals surface area contributed by atoms with Gasteiger partial charge in [0, 0.05) is 6.54 Å². The lowest BCUT2D eigenvalue weighted by Crippen LogP contribution is -2.52. The Kier molecular flexibility index (Phi) is 3.85. The molecule has 18 heavy (non-hydrogen) atoms. The second-order valence-electron chi connectivity index (χ2n) is 3.27. The van der Waals surface area contributed by atoms with E-state index in [0.29, 0.717) is 6.54 Å². The first-order valence-corrected chi connectivity index (χ1v) is 5.16. The second kappa shape index (κ2) is 5.15. The van der Waals surface area contributed by atoms with Crippen molar-refractivity contribution in [2.24, 2.45) is 5.73 Å². The molecule has 1 aliphatic heterocycles. The van der Waals surface area contributed by atoms with Gasteiger partial charge in [0.1, 0.15) is 29.6 Å². The highest BCUT2D eigenvalue weighted by molar-refractivity contribution is 7.80. The average molecular weight is 259 g/mol. The molecule has 0 aliphatic carbocycles. The van der Waals surface area contributed by atoms with Gasteiger partial charge in [-0.2, -0.15) is 21.2 Å². The van der Waals surface area contributed by atoms with Gasteiger partial charge in [0.2, 0.25) is 5.54 Å². The summed E-state index contributed by atoms with van der Waals surface area (Å²) in [6.07, 6.45) is 1.58. The minimum Gasteiger partial charge on any atom is -0.383 e. The molecule has 0 atom stereocenters. The topological polar surface area (TPSA) is 125 Å². The van der Waals surface area contributed by atoms with Crippen molar-refractivity contribution in [1.29, 1.82) is 15.8 Å². The molecule has 0 radical (unpaired) electrons. The molecule has 0 amide bonds. The van der Waals surface area contributed by atoms with E-state index in [1.54, 1.807) is 24.3 Å². The van der Waals surface area contributed by atoms with E-state index in [1.165, 1.54) is 0 Å². The minimum absolute atomic E-state index is 0.0674. The molecule has 4 N–H and O–H groups in total. The Hall–Kier alpha value is -2.60. The summed E-state index contributed by atoms with van der Waals surface area (Å²) in [5.74, 6) is -0.0674. The zero-order valence-corrected chi connectivity index (χ0v) is 10.1. The van der Waals surface area contributed by atoms with Crippen LogP contribution < -0.4 is 16.5 Å². The first kappa shape index (κ1) is 13.5. The molecule has 1 aliphatic rings. The molecule has 0 bridgehead atoms. The normalized spacial score (nSPS) is 16.4. The Morgan fingerprint density at radius 1 is 1.56 bits per heavy atom. The Balaban J connectivity index is 3.11. The molecule has 0 saturated heterocycles. The van der Waals surface area contributed by atoms with Crippen molar-refractivity contribution in [3.05, 3.63) is 24.0 Å². The lowest BCUT2D eigenvalue weighted by atomic mass is 9.96. The SMILES string of the molecule is C=CCNC(=S)N1NC(C#N)(C#N)C(C#N)=C1N. The third-order valence-electron chi connectivity index (χ3n) is 2.20. The molecule has 0 saturated carbocycles. The third-order valence-corrected chi connectivity index (χ3v) is 2.53. The summed E-state index contributed by atoms with van der Waals surface area (Å²) in [6, 6.07) is 5.18. The average Bonchev–Trinajstić information content (AvgIpc) is 2.69. The van der Waals surface area contributed by atoms with Gasteiger partial charge in [0.25, 0.3) is 0 Å². The fourth-order valence-corrected chi connectivity index (χ4v) is 1.54. The van der Waals surface area contributed by atoms with Crippen LogP contribution in [0.1, 0.15) is 0 Å². The first-order valence-electron chi connectivity index (χ1n) is 4.75. The second-order valence-corrected chi connectivity index (χ2v) is 3.65. The number of hydrazine groups is 1. The molecule has 0 aromatic carbocycles. The van der Waals surface area contributed by atoms with Gasteiger partial charge < -0.3 is 11.1 Å². The van der Waals surface area contributed by atoms with Gasteiger partial charge >= 0.3 is 0 Å². The van der Waals surface area contributed by atoms with Gasteiger partial charge in [0.05, 0.1) is 0 Å². The molecule has 1 rings (SSSR count). The lowest BCUT2D eigenvalue weighted by molar-refractivity contribution is 0.367. The number of nitrogens with zero attached hydrogens (tertiary/aromatic N) is 4. The summed E-state index contributed by atoms with van der Waals surface area (Å²) in [7, 11) is 0. The Bertz CT molecular complexity index is 528. The number of rotatable bonds is 2. The van der Waals surface area contributed by atoms with Crippen LogP contribution in [0.25, 0.3) is 0 Å². The van der Waals surface area contributed by atoms with E-state index in [1.807, 2.05) is 0 Å². The molecule has 7 nitrogen and oxygen atoms in total. The van der Waals surface area contributed by atoms with E-state index < -0.39 is 5.54 Å². The maximum absolute atomic E-state index is 9.03. The van der Waals surface area contributed by atoms with Gasteiger partial charge in [-0.25, -0.2) is 5.01 Å². The molecular formula is C10H9N7S. The largest absolute Gasteiger partial charge is 0.383 e. The predicted molar refractivity (Wildman–Crippen MR) is 66.6 cm³/mol. The quantitative estimate of drug-likeness (QED) is 0.441. The van der Waals surface area contributed by atoms with E-state index in [0.717, 1.165) is 5.01 Å².